The molecular formula is C20H22N2O3. The van der Waals surface area contributed by atoms with Crippen molar-refractivity contribution >= 4 is 23.3 Å². The van der Waals surface area contributed by atoms with E-state index < -0.39 is 11.8 Å². The van der Waals surface area contributed by atoms with Gasteiger partial charge in [-0.2, -0.15) is 0 Å². The zero-order valence-corrected chi connectivity index (χ0v) is 14.6. The van der Waals surface area contributed by atoms with Gasteiger partial charge in [0.1, 0.15) is 0 Å². The van der Waals surface area contributed by atoms with Crippen molar-refractivity contribution in [2.45, 2.75) is 26.7 Å². The maximum Gasteiger partial charge on any atom is 0.313 e. The van der Waals surface area contributed by atoms with Gasteiger partial charge in [-0.05, 0) is 49.6 Å². The number of rotatable bonds is 5. The van der Waals surface area contributed by atoms with Crippen molar-refractivity contribution in [1.82, 2.24) is 5.32 Å². The number of hydrogen-bond acceptors (Lipinski definition) is 3. The van der Waals surface area contributed by atoms with Gasteiger partial charge < -0.3 is 10.6 Å². The second-order valence-corrected chi connectivity index (χ2v) is 6.11. The third-order valence-electron chi connectivity index (χ3n) is 3.94. The largest absolute Gasteiger partial charge is 0.347 e. The van der Waals surface area contributed by atoms with E-state index in [4.69, 9.17) is 0 Å². The van der Waals surface area contributed by atoms with Crippen molar-refractivity contribution in [3.8, 4) is 0 Å². The number of aryl methyl sites for hydroxylation is 1. The van der Waals surface area contributed by atoms with Crippen molar-refractivity contribution < 1.29 is 14.4 Å². The van der Waals surface area contributed by atoms with Gasteiger partial charge >= 0.3 is 11.8 Å². The van der Waals surface area contributed by atoms with E-state index in [1.54, 1.807) is 24.3 Å². The molecule has 0 bridgehead atoms. The number of Topliss-reactive ketones (excluding diaryl/α,β-unsaturated/α-hetero) is 1. The van der Waals surface area contributed by atoms with Gasteiger partial charge in [0.05, 0.1) is 0 Å². The van der Waals surface area contributed by atoms with Gasteiger partial charge in [0.15, 0.2) is 5.78 Å². The number of anilines is 1. The average Bonchev–Trinajstić information content (AvgIpc) is 2.59. The first-order valence-electron chi connectivity index (χ1n) is 8.13. The number of carbonyl (C=O) groups is 3. The molecule has 25 heavy (non-hydrogen) atoms. The zero-order chi connectivity index (χ0) is 18.4. The number of ketones is 1. The minimum absolute atomic E-state index is 0.0549. The summed E-state index contributed by atoms with van der Waals surface area (Å²) >= 11 is 0. The van der Waals surface area contributed by atoms with Crippen molar-refractivity contribution in [2.24, 2.45) is 0 Å². The molecular weight excluding hydrogens is 316 g/mol. The summed E-state index contributed by atoms with van der Waals surface area (Å²) < 4.78 is 0. The molecule has 0 aliphatic carbocycles. The zero-order valence-electron chi connectivity index (χ0n) is 14.6. The highest BCUT2D eigenvalue weighted by molar-refractivity contribution is 6.39. The summed E-state index contributed by atoms with van der Waals surface area (Å²) in [6, 6.07) is 14.5. The molecule has 0 spiro atoms. The van der Waals surface area contributed by atoms with Gasteiger partial charge in [-0.3, -0.25) is 14.4 Å². The Morgan fingerprint density at radius 2 is 1.68 bits per heavy atom. The second-order valence-electron chi connectivity index (χ2n) is 6.11. The molecule has 0 fully saturated rings. The first-order chi connectivity index (χ1) is 11.9. The van der Waals surface area contributed by atoms with E-state index >= 15 is 0 Å². The Kier molecular flexibility index (Phi) is 6.06. The predicted molar refractivity (Wildman–Crippen MR) is 97.7 cm³/mol. The standard InChI is InChI=1S/C20H22N2O3/c1-13-5-4-6-17(11-13)14(2)12-21-19(24)20(25)22-18-9-7-16(8-10-18)15(3)23/h4-11,14H,12H2,1-3H3,(H,21,24)(H,22,25). The SMILES string of the molecule is CC(=O)c1ccc(NC(=O)C(=O)NCC(C)c2cccc(C)c2)cc1. The maximum atomic E-state index is 11.9. The van der Waals surface area contributed by atoms with E-state index in [1.165, 1.54) is 6.92 Å². The van der Waals surface area contributed by atoms with Crippen LogP contribution in [0.15, 0.2) is 48.5 Å². The molecule has 1 atom stereocenters. The predicted octanol–water partition coefficient (Wildman–Crippen LogP) is 3.06. The van der Waals surface area contributed by atoms with E-state index in [9.17, 15) is 14.4 Å². The molecule has 130 valence electrons. The second kappa shape index (κ2) is 8.24. The summed E-state index contributed by atoms with van der Waals surface area (Å²) in [5, 5.41) is 5.16. The van der Waals surface area contributed by atoms with Crippen molar-refractivity contribution in [3.05, 3.63) is 65.2 Å². The molecule has 2 aromatic carbocycles. The Labute approximate surface area is 147 Å². The molecule has 5 heteroatoms. The van der Waals surface area contributed by atoms with Crippen LogP contribution >= 0.6 is 0 Å². The molecule has 0 saturated heterocycles. The molecule has 0 saturated carbocycles. The van der Waals surface area contributed by atoms with Gasteiger partial charge in [0.25, 0.3) is 0 Å². The Hall–Kier alpha value is -2.95. The minimum atomic E-state index is -0.730. The summed E-state index contributed by atoms with van der Waals surface area (Å²) in [4.78, 5) is 35.1. The van der Waals surface area contributed by atoms with Gasteiger partial charge in [0.2, 0.25) is 0 Å². The Balaban J connectivity index is 1.87. The smallest absolute Gasteiger partial charge is 0.313 e. The van der Waals surface area contributed by atoms with Gasteiger partial charge in [-0.25, -0.2) is 0 Å². The van der Waals surface area contributed by atoms with Gasteiger partial charge in [-0.15, -0.1) is 0 Å². The fourth-order valence-electron chi connectivity index (χ4n) is 2.40. The first kappa shape index (κ1) is 18.4. The molecule has 2 N–H and O–H groups in total. The lowest BCUT2D eigenvalue weighted by Crippen LogP contribution is -2.37. The van der Waals surface area contributed by atoms with E-state index in [0.29, 0.717) is 17.8 Å². The van der Waals surface area contributed by atoms with Crippen LogP contribution in [0.3, 0.4) is 0 Å². The summed E-state index contributed by atoms with van der Waals surface area (Å²) in [5.41, 5.74) is 3.29. The van der Waals surface area contributed by atoms with Crippen LogP contribution < -0.4 is 10.6 Å². The molecule has 0 aromatic heterocycles. The van der Waals surface area contributed by atoms with Crippen LogP contribution in [-0.4, -0.2) is 24.1 Å². The molecule has 0 radical (unpaired) electrons. The third kappa shape index (κ3) is 5.28. The fraction of sp³-hybridized carbons (Fsp3) is 0.250. The van der Waals surface area contributed by atoms with Crippen LogP contribution in [0.2, 0.25) is 0 Å². The highest BCUT2D eigenvalue weighted by Crippen LogP contribution is 2.15. The van der Waals surface area contributed by atoms with Crippen molar-refractivity contribution in [3.63, 3.8) is 0 Å². The summed E-state index contributed by atoms with van der Waals surface area (Å²) in [6.07, 6.45) is 0. The molecule has 2 aromatic rings. The highest BCUT2D eigenvalue weighted by atomic mass is 16.2. The fourth-order valence-corrected chi connectivity index (χ4v) is 2.40. The minimum Gasteiger partial charge on any atom is -0.347 e. The van der Waals surface area contributed by atoms with E-state index in [1.807, 2.05) is 32.0 Å². The summed E-state index contributed by atoms with van der Waals surface area (Å²) in [5.74, 6) is -1.37. The van der Waals surface area contributed by atoms with Crippen LogP contribution in [0.25, 0.3) is 0 Å². The third-order valence-corrected chi connectivity index (χ3v) is 3.94. The average molecular weight is 338 g/mol. The lowest BCUT2D eigenvalue weighted by molar-refractivity contribution is -0.136. The number of benzene rings is 2. The lowest BCUT2D eigenvalue weighted by Gasteiger charge is -2.13. The number of hydrogen-bond donors (Lipinski definition) is 2. The quantitative estimate of drug-likeness (QED) is 0.650. The van der Waals surface area contributed by atoms with Crippen LogP contribution in [0, 0.1) is 6.92 Å². The van der Waals surface area contributed by atoms with E-state index in [2.05, 4.69) is 16.7 Å². The molecule has 0 heterocycles. The maximum absolute atomic E-state index is 11.9. The number of carbonyl (C=O) groups excluding carboxylic acids is 3. The summed E-state index contributed by atoms with van der Waals surface area (Å²) in [6.45, 7) is 5.85. The van der Waals surface area contributed by atoms with Crippen LogP contribution in [0.1, 0.15) is 41.3 Å². The van der Waals surface area contributed by atoms with Crippen molar-refractivity contribution in [2.75, 3.05) is 11.9 Å². The highest BCUT2D eigenvalue weighted by Gasteiger charge is 2.15. The van der Waals surface area contributed by atoms with Crippen LogP contribution in [0.4, 0.5) is 5.69 Å². The van der Waals surface area contributed by atoms with Crippen LogP contribution in [-0.2, 0) is 9.59 Å². The summed E-state index contributed by atoms with van der Waals surface area (Å²) in [7, 11) is 0. The molecule has 2 amide bonds. The monoisotopic (exact) mass is 338 g/mol. The Bertz CT molecular complexity index is 782. The number of nitrogens with one attached hydrogen (secondary N) is 2. The lowest BCUT2D eigenvalue weighted by atomic mass is 9.99. The van der Waals surface area contributed by atoms with Crippen LogP contribution in [0.5, 0.6) is 0 Å². The van der Waals surface area contributed by atoms with E-state index in [0.717, 1.165) is 11.1 Å². The normalized spacial score (nSPS) is 11.5. The number of amides is 2. The van der Waals surface area contributed by atoms with E-state index in [-0.39, 0.29) is 11.7 Å². The Morgan fingerprint density at radius 1 is 1.00 bits per heavy atom. The molecule has 0 aliphatic heterocycles. The molecule has 0 aliphatic rings. The topological polar surface area (TPSA) is 75.3 Å². The van der Waals surface area contributed by atoms with Gasteiger partial charge in [0, 0.05) is 17.8 Å². The van der Waals surface area contributed by atoms with Gasteiger partial charge in [-0.1, -0.05) is 36.8 Å². The Morgan fingerprint density at radius 3 is 2.28 bits per heavy atom. The first-order valence-corrected chi connectivity index (χ1v) is 8.13. The molecule has 1 unspecified atom stereocenters. The molecule has 2 rings (SSSR count). The van der Waals surface area contributed by atoms with Crippen molar-refractivity contribution in [1.29, 1.82) is 0 Å². The molecule has 5 nitrogen and oxygen atoms in total.